The zero-order valence-electron chi connectivity index (χ0n) is 14.0. The van der Waals surface area contributed by atoms with E-state index in [1.807, 2.05) is 31.2 Å². The maximum absolute atomic E-state index is 12.0. The largest absolute Gasteiger partial charge is 0.497 e. The van der Waals surface area contributed by atoms with Crippen molar-refractivity contribution in [3.63, 3.8) is 0 Å². The SMILES string of the molecule is CCOCCCNC(=O)c1ccn(COc2ccc(OC)cc2)n1. The summed E-state index contributed by atoms with van der Waals surface area (Å²) in [7, 11) is 1.61. The van der Waals surface area contributed by atoms with Gasteiger partial charge >= 0.3 is 0 Å². The van der Waals surface area contributed by atoms with Crippen LogP contribution in [0.25, 0.3) is 0 Å². The molecule has 1 amide bonds. The number of amides is 1. The highest BCUT2D eigenvalue weighted by molar-refractivity contribution is 5.92. The number of ether oxygens (including phenoxy) is 3. The van der Waals surface area contributed by atoms with Gasteiger partial charge in [0.1, 0.15) is 17.2 Å². The van der Waals surface area contributed by atoms with Crippen LogP contribution < -0.4 is 14.8 Å². The molecule has 0 saturated carbocycles. The van der Waals surface area contributed by atoms with E-state index in [1.54, 1.807) is 24.1 Å². The van der Waals surface area contributed by atoms with Crippen LogP contribution in [0.2, 0.25) is 0 Å². The second-order valence-corrected chi connectivity index (χ2v) is 5.00. The van der Waals surface area contributed by atoms with Crippen molar-refractivity contribution in [2.45, 2.75) is 20.1 Å². The number of nitrogens with zero attached hydrogens (tertiary/aromatic N) is 2. The highest BCUT2D eigenvalue weighted by Gasteiger charge is 2.08. The first kappa shape index (κ1) is 17.8. The van der Waals surface area contributed by atoms with E-state index >= 15 is 0 Å². The molecule has 1 N–H and O–H groups in total. The van der Waals surface area contributed by atoms with Crippen LogP contribution in [-0.4, -0.2) is 42.6 Å². The standard InChI is InChI=1S/C17H23N3O4/c1-3-23-12-4-10-18-17(21)16-9-11-20(19-16)13-24-15-7-5-14(22-2)6-8-15/h5-9,11H,3-4,10,12-13H2,1-2H3,(H,18,21). The topological polar surface area (TPSA) is 74.6 Å². The fourth-order valence-electron chi connectivity index (χ4n) is 1.98. The average Bonchev–Trinajstić information content (AvgIpc) is 3.09. The Balaban J connectivity index is 1.76. The van der Waals surface area contributed by atoms with Gasteiger partial charge in [-0.2, -0.15) is 5.10 Å². The lowest BCUT2D eigenvalue weighted by Crippen LogP contribution is -2.26. The molecule has 0 aliphatic carbocycles. The molecule has 2 aromatic rings. The van der Waals surface area contributed by atoms with E-state index in [4.69, 9.17) is 14.2 Å². The normalized spacial score (nSPS) is 10.4. The zero-order valence-corrected chi connectivity index (χ0v) is 14.0. The fraction of sp³-hybridized carbons (Fsp3) is 0.412. The molecular formula is C17H23N3O4. The van der Waals surface area contributed by atoms with Crippen LogP contribution in [-0.2, 0) is 11.5 Å². The van der Waals surface area contributed by atoms with Gasteiger partial charge < -0.3 is 19.5 Å². The number of benzene rings is 1. The Bertz CT molecular complexity index is 625. The van der Waals surface area contributed by atoms with E-state index in [0.717, 1.165) is 12.2 Å². The van der Waals surface area contributed by atoms with Crippen molar-refractivity contribution in [2.75, 3.05) is 26.9 Å². The molecule has 0 aliphatic rings. The minimum Gasteiger partial charge on any atom is -0.497 e. The molecule has 0 fully saturated rings. The molecule has 7 nitrogen and oxygen atoms in total. The van der Waals surface area contributed by atoms with Gasteiger partial charge in [0.05, 0.1) is 7.11 Å². The molecule has 0 atom stereocenters. The Kier molecular flexibility index (Phi) is 7.10. The predicted octanol–water partition coefficient (Wildman–Crippen LogP) is 2.08. The maximum Gasteiger partial charge on any atom is 0.271 e. The summed E-state index contributed by atoms with van der Waals surface area (Å²) in [5, 5.41) is 7.01. The number of aromatic nitrogens is 2. The fourth-order valence-corrected chi connectivity index (χ4v) is 1.98. The second kappa shape index (κ2) is 9.57. The van der Waals surface area contributed by atoms with Crippen LogP contribution in [0.1, 0.15) is 23.8 Å². The van der Waals surface area contributed by atoms with Gasteiger partial charge in [0, 0.05) is 26.0 Å². The lowest BCUT2D eigenvalue weighted by molar-refractivity contribution is 0.0937. The van der Waals surface area contributed by atoms with E-state index in [9.17, 15) is 4.79 Å². The van der Waals surface area contributed by atoms with E-state index in [2.05, 4.69) is 10.4 Å². The van der Waals surface area contributed by atoms with Gasteiger partial charge in [-0.25, -0.2) is 4.68 Å². The summed E-state index contributed by atoms with van der Waals surface area (Å²) in [5.41, 5.74) is 0.366. The summed E-state index contributed by atoms with van der Waals surface area (Å²) in [6.07, 6.45) is 2.49. The second-order valence-electron chi connectivity index (χ2n) is 5.00. The molecule has 0 aliphatic heterocycles. The van der Waals surface area contributed by atoms with Crippen molar-refractivity contribution in [1.82, 2.24) is 15.1 Å². The van der Waals surface area contributed by atoms with Crippen LogP contribution in [0.4, 0.5) is 0 Å². The van der Waals surface area contributed by atoms with Crippen molar-refractivity contribution in [3.05, 3.63) is 42.2 Å². The number of rotatable bonds is 10. The van der Waals surface area contributed by atoms with Gasteiger partial charge in [-0.15, -0.1) is 0 Å². The Labute approximate surface area is 141 Å². The number of carbonyl (C=O) groups is 1. The molecule has 1 heterocycles. The third-order valence-corrected chi connectivity index (χ3v) is 3.25. The molecular weight excluding hydrogens is 310 g/mol. The minimum atomic E-state index is -0.199. The monoisotopic (exact) mass is 333 g/mol. The average molecular weight is 333 g/mol. The predicted molar refractivity (Wildman–Crippen MR) is 89.3 cm³/mol. The van der Waals surface area contributed by atoms with Crippen LogP contribution in [0.15, 0.2) is 36.5 Å². The molecule has 130 valence electrons. The van der Waals surface area contributed by atoms with Gasteiger partial charge in [0.2, 0.25) is 0 Å². The van der Waals surface area contributed by atoms with Crippen LogP contribution >= 0.6 is 0 Å². The van der Waals surface area contributed by atoms with Crippen LogP contribution in [0, 0.1) is 0 Å². The summed E-state index contributed by atoms with van der Waals surface area (Å²) >= 11 is 0. The molecule has 7 heteroatoms. The first-order chi connectivity index (χ1) is 11.7. The third kappa shape index (κ3) is 5.58. The van der Waals surface area contributed by atoms with E-state index in [0.29, 0.717) is 31.2 Å². The number of hydrogen-bond acceptors (Lipinski definition) is 5. The molecule has 0 saturated heterocycles. The molecule has 1 aromatic heterocycles. The van der Waals surface area contributed by atoms with Crippen molar-refractivity contribution in [1.29, 1.82) is 0 Å². The molecule has 0 bridgehead atoms. The van der Waals surface area contributed by atoms with Crippen molar-refractivity contribution in [3.8, 4) is 11.5 Å². The Morgan fingerprint density at radius 2 is 1.96 bits per heavy atom. The number of carbonyl (C=O) groups excluding carboxylic acids is 1. The lowest BCUT2D eigenvalue weighted by atomic mass is 10.3. The van der Waals surface area contributed by atoms with Crippen LogP contribution in [0.5, 0.6) is 11.5 Å². The van der Waals surface area contributed by atoms with Crippen molar-refractivity contribution in [2.24, 2.45) is 0 Å². The summed E-state index contributed by atoms with van der Waals surface area (Å²) in [4.78, 5) is 12.0. The molecule has 0 unspecified atom stereocenters. The molecule has 0 radical (unpaired) electrons. The van der Waals surface area contributed by atoms with E-state index in [1.165, 1.54) is 0 Å². The highest BCUT2D eigenvalue weighted by atomic mass is 16.5. The Hall–Kier alpha value is -2.54. The first-order valence-corrected chi connectivity index (χ1v) is 7.89. The summed E-state index contributed by atoms with van der Waals surface area (Å²) < 4.78 is 17.5. The van der Waals surface area contributed by atoms with Gasteiger partial charge in [-0.3, -0.25) is 4.79 Å². The van der Waals surface area contributed by atoms with Crippen molar-refractivity contribution < 1.29 is 19.0 Å². The smallest absolute Gasteiger partial charge is 0.271 e. The van der Waals surface area contributed by atoms with Gasteiger partial charge in [-0.05, 0) is 43.7 Å². The zero-order chi connectivity index (χ0) is 17.2. The number of methoxy groups -OCH3 is 1. The van der Waals surface area contributed by atoms with Crippen LogP contribution in [0.3, 0.4) is 0 Å². The summed E-state index contributed by atoms with van der Waals surface area (Å²) in [5.74, 6) is 1.27. The Morgan fingerprint density at radius 3 is 2.67 bits per heavy atom. The molecule has 1 aromatic carbocycles. The van der Waals surface area contributed by atoms with E-state index < -0.39 is 0 Å². The first-order valence-electron chi connectivity index (χ1n) is 7.89. The number of hydrogen-bond donors (Lipinski definition) is 1. The molecule has 24 heavy (non-hydrogen) atoms. The number of nitrogens with one attached hydrogen (secondary N) is 1. The van der Waals surface area contributed by atoms with Gasteiger partial charge in [-0.1, -0.05) is 0 Å². The molecule has 0 spiro atoms. The maximum atomic E-state index is 12.0. The molecule has 2 rings (SSSR count). The summed E-state index contributed by atoms with van der Waals surface area (Å²) in [6, 6.07) is 8.93. The lowest BCUT2D eigenvalue weighted by Gasteiger charge is -2.07. The summed E-state index contributed by atoms with van der Waals surface area (Å²) in [6.45, 7) is 4.06. The van der Waals surface area contributed by atoms with E-state index in [-0.39, 0.29) is 12.6 Å². The highest BCUT2D eigenvalue weighted by Crippen LogP contribution is 2.17. The van der Waals surface area contributed by atoms with Gasteiger partial charge in [0.25, 0.3) is 5.91 Å². The van der Waals surface area contributed by atoms with Crippen molar-refractivity contribution >= 4 is 5.91 Å². The minimum absolute atomic E-state index is 0.199. The van der Waals surface area contributed by atoms with Gasteiger partial charge in [0.15, 0.2) is 6.73 Å². The Morgan fingerprint density at radius 1 is 1.21 bits per heavy atom. The quantitative estimate of drug-likeness (QED) is 0.674. The third-order valence-electron chi connectivity index (χ3n) is 3.25.